The zero-order valence-corrected chi connectivity index (χ0v) is 9.45. The molecule has 0 saturated carbocycles. The molecule has 1 N–H and O–H groups in total. The maximum absolute atomic E-state index is 13.9. The Morgan fingerprint density at radius 1 is 1.50 bits per heavy atom. The molecule has 0 atom stereocenters. The van der Waals surface area contributed by atoms with Crippen molar-refractivity contribution < 1.29 is 14.4 Å². The van der Waals surface area contributed by atoms with Crippen LogP contribution in [0.3, 0.4) is 0 Å². The highest BCUT2D eigenvalue weighted by Gasteiger charge is 2.30. The van der Waals surface area contributed by atoms with E-state index in [0.717, 1.165) is 12.1 Å². The molecular weight excluding hydrogens is 213 g/mol. The average molecular weight is 227 g/mol. The standard InChI is InChI=1S/C11H14FNO3/c1-4-11(2,3)9-8(14)6-5-7(10(9)12)13(15)16/h5-6,14H,4H2,1-3H3. The van der Waals surface area contributed by atoms with Gasteiger partial charge in [-0.3, -0.25) is 10.1 Å². The molecule has 0 saturated heterocycles. The minimum atomic E-state index is -0.947. The first-order valence-corrected chi connectivity index (χ1v) is 4.97. The number of phenols is 1. The lowest BCUT2D eigenvalue weighted by molar-refractivity contribution is -0.387. The van der Waals surface area contributed by atoms with Gasteiger partial charge in [0, 0.05) is 11.6 Å². The molecule has 0 aliphatic carbocycles. The smallest absolute Gasteiger partial charge is 0.305 e. The van der Waals surface area contributed by atoms with Crippen LogP contribution in [-0.2, 0) is 5.41 Å². The number of benzene rings is 1. The maximum Gasteiger partial charge on any atom is 0.305 e. The maximum atomic E-state index is 13.9. The lowest BCUT2D eigenvalue weighted by Gasteiger charge is -2.24. The molecule has 0 heterocycles. The fourth-order valence-corrected chi connectivity index (χ4v) is 1.52. The summed E-state index contributed by atoms with van der Waals surface area (Å²) in [7, 11) is 0. The summed E-state index contributed by atoms with van der Waals surface area (Å²) in [5.41, 5.74) is -1.24. The molecule has 0 aliphatic rings. The molecule has 1 rings (SSSR count). The summed E-state index contributed by atoms with van der Waals surface area (Å²) >= 11 is 0. The third-order valence-corrected chi connectivity index (χ3v) is 2.86. The molecule has 1 aromatic rings. The van der Waals surface area contributed by atoms with Gasteiger partial charge in [-0.15, -0.1) is 0 Å². The molecule has 0 aliphatic heterocycles. The van der Waals surface area contributed by atoms with Gasteiger partial charge in [-0.25, -0.2) is 0 Å². The van der Waals surface area contributed by atoms with Crippen LogP contribution < -0.4 is 0 Å². The van der Waals surface area contributed by atoms with E-state index in [1.165, 1.54) is 0 Å². The van der Waals surface area contributed by atoms with Crippen LogP contribution >= 0.6 is 0 Å². The van der Waals surface area contributed by atoms with Gasteiger partial charge >= 0.3 is 5.69 Å². The van der Waals surface area contributed by atoms with Crippen LogP contribution in [0, 0.1) is 15.9 Å². The summed E-state index contributed by atoms with van der Waals surface area (Å²) in [5.74, 6) is -1.19. The normalized spacial score (nSPS) is 11.5. The van der Waals surface area contributed by atoms with Crippen molar-refractivity contribution in [3.8, 4) is 5.75 Å². The number of halogens is 1. The molecule has 0 bridgehead atoms. The van der Waals surface area contributed by atoms with Crippen molar-refractivity contribution in [2.75, 3.05) is 0 Å². The summed E-state index contributed by atoms with van der Waals surface area (Å²) in [4.78, 5) is 9.80. The molecule has 0 amide bonds. The molecule has 1 aromatic carbocycles. The molecule has 0 unspecified atom stereocenters. The van der Waals surface area contributed by atoms with Crippen LogP contribution in [0.2, 0.25) is 0 Å². The van der Waals surface area contributed by atoms with Gasteiger partial charge in [0.15, 0.2) is 0 Å². The van der Waals surface area contributed by atoms with Crippen LogP contribution in [0.5, 0.6) is 5.75 Å². The summed E-state index contributed by atoms with van der Waals surface area (Å²) in [5, 5.41) is 20.2. The van der Waals surface area contributed by atoms with E-state index in [0.29, 0.717) is 6.42 Å². The Morgan fingerprint density at radius 2 is 2.06 bits per heavy atom. The largest absolute Gasteiger partial charge is 0.508 e. The molecule has 0 fully saturated rings. The number of aromatic hydroxyl groups is 1. The van der Waals surface area contributed by atoms with Gasteiger partial charge in [0.05, 0.1) is 4.92 Å². The second-order valence-corrected chi connectivity index (χ2v) is 4.29. The van der Waals surface area contributed by atoms with Crippen molar-refractivity contribution in [2.24, 2.45) is 0 Å². The van der Waals surface area contributed by atoms with E-state index in [2.05, 4.69) is 0 Å². The molecule has 88 valence electrons. The van der Waals surface area contributed by atoms with Crippen LogP contribution in [-0.4, -0.2) is 10.0 Å². The highest BCUT2D eigenvalue weighted by molar-refractivity contribution is 5.48. The Balaban J connectivity index is 3.49. The zero-order chi connectivity index (χ0) is 12.5. The molecule has 16 heavy (non-hydrogen) atoms. The summed E-state index contributed by atoms with van der Waals surface area (Å²) in [6.07, 6.45) is 0.568. The number of nitrogens with zero attached hydrogens (tertiary/aromatic N) is 1. The van der Waals surface area contributed by atoms with E-state index in [-0.39, 0.29) is 11.3 Å². The highest BCUT2D eigenvalue weighted by atomic mass is 19.1. The van der Waals surface area contributed by atoms with Gasteiger partial charge in [-0.1, -0.05) is 20.8 Å². The second kappa shape index (κ2) is 4.08. The van der Waals surface area contributed by atoms with E-state index in [1.807, 2.05) is 6.92 Å². The predicted octanol–water partition coefficient (Wildman–Crippen LogP) is 3.13. The molecule has 4 nitrogen and oxygen atoms in total. The first-order valence-electron chi connectivity index (χ1n) is 4.97. The van der Waals surface area contributed by atoms with Gasteiger partial charge in [0.1, 0.15) is 5.75 Å². The van der Waals surface area contributed by atoms with E-state index in [4.69, 9.17) is 0 Å². The van der Waals surface area contributed by atoms with Crippen molar-refractivity contribution in [3.63, 3.8) is 0 Å². The highest BCUT2D eigenvalue weighted by Crippen LogP contribution is 2.38. The van der Waals surface area contributed by atoms with Gasteiger partial charge < -0.3 is 5.11 Å². The molecule has 5 heteroatoms. The van der Waals surface area contributed by atoms with Crippen molar-refractivity contribution >= 4 is 5.69 Å². The number of nitro groups is 1. The summed E-state index contributed by atoms with van der Waals surface area (Å²) in [6, 6.07) is 2.13. The zero-order valence-electron chi connectivity index (χ0n) is 9.45. The van der Waals surface area contributed by atoms with Gasteiger partial charge in [0.2, 0.25) is 5.82 Å². The minimum absolute atomic E-state index is 0.00389. The topological polar surface area (TPSA) is 63.4 Å². The lowest BCUT2D eigenvalue weighted by Crippen LogP contribution is -2.18. The van der Waals surface area contributed by atoms with Crippen LogP contribution in [0.4, 0.5) is 10.1 Å². The Hall–Kier alpha value is -1.65. The van der Waals surface area contributed by atoms with Crippen molar-refractivity contribution in [1.82, 2.24) is 0 Å². The Labute approximate surface area is 92.9 Å². The molecule has 0 spiro atoms. The average Bonchev–Trinajstić information content (AvgIpc) is 2.16. The van der Waals surface area contributed by atoms with Gasteiger partial charge in [0.25, 0.3) is 0 Å². The third-order valence-electron chi connectivity index (χ3n) is 2.86. The van der Waals surface area contributed by atoms with Crippen molar-refractivity contribution in [2.45, 2.75) is 32.6 Å². The Morgan fingerprint density at radius 3 is 2.50 bits per heavy atom. The third kappa shape index (κ3) is 1.98. The fourth-order valence-electron chi connectivity index (χ4n) is 1.52. The first-order chi connectivity index (χ1) is 7.31. The van der Waals surface area contributed by atoms with Crippen LogP contribution in [0.15, 0.2) is 12.1 Å². The van der Waals surface area contributed by atoms with Crippen molar-refractivity contribution in [1.29, 1.82) is 0 Å². The number of hydrogen-bond acceptors (Lipinski definition) is 3. The van der Waals surface area contributed by atoms with Crippen LogP contribution in [0.25, 0.3) is 0 Å². The molecular formula is C11H14FNO3. The Bertz CT molecular complexity index is 429. The SMILES string of the molecule is CCC(C)(C)c1c(O)ccc([N+](=O)[O-])c1F. The van der Waals surface area contributed by atoms with Gasteiger partial charge in [-0.2, -0.15) is 4.39 Å². The molecule has 0 aromatic heterocycles. The second-order valence-electron chi connectivity index (χ2n) is 4.29. The number of nitro benzene ring substituents is 1. The number of rotatable bonds is 3. The van der Waals surface area contributed by atoms with E-state index >= 15 is 0 Å². The lowest BCUT2D eigenvalue weighted by atomic mass is 9.81. The van der Waals surface area contributed by atoms with Crippen molar-refractivity contribution in [3.05, 3.63) is 33.6 Å². The quantitative estimate of drug-likeness (QED) is 0.637. The minimum Gasteiger partial charge on any atom is -0.508 e. The van der Waals surface area contributed by atoms with E-state index in [9.17, 15) is 19.6 Å². The fraction of sp³-hybridized carbons (Fsp3) is 0.455. The molecule has 0 radical (unpaired) electrons. The van der Waals surface area contributed by atoms with E-state index < -0.39 is 21.8 Å². The number of hydrogen-bond donors (Lipinski definition) is 1. The predicted molar refractivity (Wildman–Crippen MR) is 58.0 cm³/mol. The van der Waals surface area contributed by atoms with Gasteiger partial charge in [-0.05, 0) is 17.9 Å². The number of phenolic OH excluding ortho intramolecular Hbond substituents is 1. The monoisotopic (exact) mass is 227 g/mol. The Kier molecular flexibility index (Phi) is 3.16. The van der Waals surface area contributed by atoms with E-state index in [1.54, 1.807) is 13.8 Å². The summed E-state index contributed by atoms with van der Waals surface area (Å²) in [6.45, 7) is 5.29. The van der Waals surface area contributed by atoms with Crippen LogP contribution in [0.1, 0.15) is 32.8 Å². The summed E-state index contributed by atoms with van der Waals surface area (Å²) < 4.78 is 13.9. The first kappa shape index (κ1) is 12.4.